The van der Waals surface area contributed by atoms with E-state index in [9.17, 15) is 0 Å². The second-order valence-corrected chi connectivity index (χ2v) is 12.7. The molecule has 0 N–H and O–H groups in total. The molecule has 0 amide bonds. The van der Waals surface area contributed by atoms with E-state index < -0.39 is 0 Å². The maximum Gasteiger partial charge on any atom is 0.0252 e. The van der Waals surface area contributed by atoms with Gasteiger partial charge in [0.2, 0.25) is 0 Å². The molecular weight excluding hydrogens is 528 g/mol. The zero-order chi connectivity index (χ0) is 30.6. The monoisotopic (exact) mass is 562 g/mol. The van der Waals surface area contributed by atoms with Crippen LogP contribution in [-0.4, -0.2) is 0 Å². The molecule has 0 aliphatic heterocycles. The molecule has 0 atom stereocenters. The van der Waals surface area contributed by atoms with Crippen molar-refractivity contribution in [3.8, 4) is 45.9 Å². The zero-order valence-electron chi connectivity index (χ0n) is 25.8. The highest BCUT2D eigenvalue weighted by Gasteiger charge is 2.47. The molecule has 2 aliphatic rings. The van der Waals surface area contributed by atoms with Crippen LogP contribution in [0.2, 0.25) is 0 Å². The van der Waals surface area contributed by atoms with Crippen LogP contribution < -0.4 is 0 Å². The molecule has 5 aromatic rings. The Bertz CT molecular complexity index is 1970. The van der Waals surface area contributed by atoms with Crippen LogP contribution in [0.4, 0.5) is 0 Å². The van der Waals surface area contributed by atoms with E-state index in [1.165, 1.54) is 44.5 Å². The summed E-state index contributed by atoms with van der Waals surface area (Å²) in [5, 5.41) is 0. The second-order valence-electron chi connectivity index (χ2n) is 12.7. The van der Waals surface area contributed by atoms with Crippen molar-refractivity contribution in [2.24, 2.45) is 0 Å². The Morgan fingerprint density at radius 3 is 1.20 bits per heavy atom. The molecule has 0 unspecified atom stereocenters. The molecule has 0 nitrogen and oxygen atoms in total. The first-order valence-corrected chi connectivity index (χ1v) is 15.2. The molecule has 5 aromatic carbocycles. The summed E-state index contributed by atoms with van der Waals surface area (Å²) in [6.45, 7) is 18.1. The second kappa shape index (κ2) is 10.2. The van der Waals surface area contributed by atoms with Gasteiger partial charge in [0.1, 0.15) is 0 Å². The molecule has 0 bridgehead atoms. The van der Waals surface area contributed by atoms with Gasteiger partial charge in [-0.25, -0.2) is 0 Å². The van der Waals surface area contributed by atoms with E-state index in [1.54, 1.807) is 0 Å². The van der Waals surface area contributed by atoms with Crippen molar-refractivity contribution in [2.45, 2.75) is 38.5 Å². The van der Waals surface area contributed by atoms with Crippen molar-refractivity contribution >= 4 is 12.2 Å². The summed E-state index contributed by atoms with van der Waals surface area (Å²) in [5.74, 6) is 13.5. The third-order valence-electron chi connectivity index (χ3n) is 9.41. The highest BCUT2D eigenvalue weighted by atomic mass is 14.5. The van der Waals surface area contributed by atoms with E-state index in [2.05, 4.69) is 125 Å². The zero-order valence-corrected chi connectivity index (χ0v) is 25.8. The molecule has 0 heterocycles. The van der Waals surface area contributed by atoms with Crippen molar-refractivity contribution in [1.82, 2.24) is 0 Å². The molecule has 0 saturated heterocycles. The minimum atomic E-state index is -0.230. The Balaban J connectivity index is 1.43. The number of hydrogen-bond acceptors (Lipinski definition) is 0. The van der Waals surface area contributed by atoms with Gasteiger partial charge in [-0.3, -0.25) is 0 Å². The van der Waals surface area contributed by atoms with Gasteiger partial charge in [-0.1, -0.05) is 125 Å². The Hall–Kier alpha value is -5.30. The van der Waals surface area contributed by atoms with Crippen molar-refractivity contribution < 1.29 is 0 Å². The lowest BCUT2D eigenvalue weighted by Gasteiger charge is -2.32. The maximum absolute atomic E-state index is 4.31. The van der Waals surface area contributed by atoms with E-state index in [-0.39, 0.29) is 10.8 Å². The van der Waals surface area contributed by atoms with E-state index in [0.29, 0.717) is 0 Å². The number of rotatable bonds is 2. The first-order chi connectivity index (χ1) is 21.3. The Morgan fingerprint density at radius 2 is 0.841 bits per heavy atom. The fraction of sp³-hybridized carbons (Fsp3) is 0.136. The van der Waals surface area contributed by atoms with Crippen LogP contribution in [0.1, 0.15) is 83.3 Å². The predicted octanol–water partition coefficient (Wildman–Crippen LogP) is 10.4. The molecule has 0 heteroatoms. The lowest BCUT2D eigenvalue weighted by atomic mass is 9.71. The SMILES string of the molecule is C=Cc1c(C=C)c2c(c3c1-c1ccc(C#Cc4ccccc4)cc1C3(C)C)C(C)(C)c1cc(C#Cc3ccccc3)ccc1-2. The Labute approximate surface area is 261 Å². The third kappa shape index (κ3) is 4.11. The van der Waals surface area contributed by atoms with Crippen LogP contribution >= 0.6 is 0 Å². The Morgan fingerprint density at radius 1 is 0.477 bits per heavy atom. The van der Waals surface area contributed by atoms with Gasteiger partial charge >= 0.3 is 0 Å². The van der Waals surface area contributed by atoms with Crippen molar-refractivity contribution in [3.05, 3.63) is 166 Å². The van der Waals surface area contributed by atoms with E-state index >= 15 is 0 Å². The van der Waals surface area contributed by atoms with Gasteiger partial charge in [-0.15, -0.1) is 0 Å². The minimum absolute atomic E-state index is 0.230. The first-order valence-electron chi connectivity index (χ1n) is 15.2. The summed E-state index contributed by atoms with van der Waals surface area (Å²) in [5.41, 5.74) is 16.4. The molecule has 210 valence electrons. The molecule has 7 rings (SSSR count). The molecule has 0 radical (unpaired) electrons. The Kier molecular flexibility index (Phi) is 6.36. The van der Waals surface area contributed by atoms with Crippen LogP contribution in [0.3, 0.4) is 0 Å². The van der Waals surface area contributed by atoms with E-state index in [1.807, 2.05) is 48.6 Å². The van der Waals surface area contributed by atoms with Crippen molar-refractivity contribution in [2.75, 3.05) is 0 Å². The van der Waals surface area contributed by atoms with Gasteiger partial charge in [-0.2, -0.15) is 0 Å². The van der Waals surface area contributed by atoms with Gasteiger partial charge < -0.3 is 0 Å². The largest absolute Gasteiger partial charge is 0.0984 e. The summed E-state index contributed by atoms with van der Waals surface area (Å²) in [6, 6.07) is 33.8. The maximum atomic E-state index is 4.31. The highest BCUT2D eigenvalue weighted by molar-refractivity contribution is 6.00. The van der Waals surface area contributed by atoms with Crippen LogP contribution in [0.5, 0.6) is 0 Å². The van der Waals surface area contributed by atoms with Crippen LogP contribution in [0.25, 0.3) is 34.4 Å². The number of fused-ring (bicyclic) bond motifs is 7. The predicted molar refractivity (Wildman–Crippen MR) is 187 cm³/mol. The molecule has 0 aromatic heterocycles. The summed E-state index contributed by atoms with van der Waals surface area (Å²) >= 11 is 0. The van der Waals surface area contributed by atoms with Gasteiger partial charge in [0, 0.05) is 33.1 Å². The van der Waals surface area contributed by atoms with Crippen LogP contribution in [0.15, 0.2) is 110 Å². The van der Waals surface area contributed by atoms with E-state index in [4.69, 9.17) is 0 Å². The summed E-state index contributed by atoms with van der Waals surface area (Å²) in [4.78, 5) is 0. The number of benzene rings is 5. The third-order valence-corrected chi connectivity index (χ3v) is 9.41. The molecule has 44 heavy (non-hydrogen) atoms. The van der Waals surface area contributed by atoms with Gasteiger partial charge in [0.05, 0.1) is 0 Å². The normalized spacial score (nSPS) is 14.1. The van der Waals surface area contributed by atoms with Gasteiger partial charge in [0.25, 0.3) is 0 Å². The first kappa shape index (κ1) is 27.5. The standard InChI is InChI=1S/C44H34/c1-7-33-34(8-2)40-36-26-24-32(22-20-30-17-13-10-14-18-30)28-38(36)44(5,6)42(40)41-39(33)35-25-23-31(27-37(35)43(41,3)4)21-19-29-15-11-9-12-16-29/h7-18,23-28H,1-2H2,3-6H3. The van der Waals surface area contributed by atoms with E-state index in [0.717, 1.165) is 33.4 Å². The average Bonchev–Trinajstić information content (AvgIpc) is 3.42. The minimum Gasteiger partial charge on any atom is -0.0984 e. The average molecular weight is 563 g/mol. The van der Waals surface area contributed by atoms with Crippen LogP contribution in [0, 0.1) is 23.7 Å². The topological polar surface area (TPSA) is 0 Å². The number of hydrogen-bond donors (Lipinski definition) is 0. The molecule has 0 saturated carbocycles. The lowest BCUT2D eigenvalue weighted by Crippen LogP contribution is -2.24. The summed E-state index contributed by atoms with van der Waals surface area (Å²) in [7, 11) is 0. The summed E-state index contributed by atoms with van der Waals surface area (Å²) < 4.78 is 0. The van der Waals surface area contributed by atoms with Crippen molar-refractivity contribution in [1.29, 1.82) is 0 Å². The van der Waals surface area contributed by atoms with Gasteiger partial charge in [-0.05, 0) is 104 Å². The highest BCUT2D eigenvalue weighted by Crippen LogP contribution is 2.61. The molecular formula is C44H34. The molecule has 2 aliphatic carbocycles. The smallest absolute Gasteiger partial charge is 0.0252 e. The fourth-order valence-corrected chi connectivity index (χ4v) is 7.34. The van der Waals surface area contributed by atoms with Crippen molar-refractivity contribution in [3.63, 3.8) is 0 Å². The summed E-state index contributed by atoms with van der Waals surface area (Å²) in [6.07, 6.45) is 4.05. The quantitative estimate of drug-likeness (QED) is 0.188. The van der Waals surface area contributed by atoms with Gasteiger partial charge in [0.15, 0.2) is 0 Å². The molecule has 0 fully saturated rings. The molecule has 0 spiro atoms. The van der Waals surface area contributed by atoms with Crippen LogP contribution in [-0.2, 0) is 10.8 Å². The fourth-order valence-electron chi connectivity index (χ4n) is 7.34. The lowest BCUT2D eigenvalue weighted by molar-refractivity contribution is 0.601.